The molecule has 0 radical (unpaired) electrons. The summed E-state index contributed by atoms with van der Waals surface area (Å²) in [6.45, 7) is 4.51. The van der Waals surface area contributed by atoms with Gasteiger partial charge in [-0.3, -0.25) is 0 Å². The third-order valence-corrected chi connectivity index (χ3v) is 2.42. The molecule has 0 heterocycles. The van der Waals surface area contributed by atoms with E-state index in [1.807, 2.05) is 26.0 Å². The third-order valence-electron chi connectivity index (χ3n) is 2.42. The molecule has 0 aromatic heterocycles. The van der Waals surface area contributed by atoms with Crippen LogP contribution >= 0.6 is 0 Å². The first kappa shape index (κ1) is 11.5. The fourth-order valence-corrected chi connectivity index (χ4v) is 1.49. The van der Waals surface area contributed by atoms with Gasteiger partial charge in [0.15, 0.2) is 0 Å². The summed E-state index contributed by atoms with van der Waals surface area (Å²) in [6, 6.07) is 5.99. The zero-order valence-electron chi connectivity index (χ0n) is 9.28. The quantitative estimate of drug-likeness (QED) is 0.559. The summed E-state index contributed by atoms with van der Waals surface area (Å²) in [5.41, 5.74) is 2.25. The average Bonchev–Trinajstić information content (AvgIpc) is 2.25. The van der Waals surface area contributed by atoms with E-state index in [1.54, 1.807) is 13.2 Å². The molecule has 0 bridgehead atoms. The molecule has 80 valence electrons. The summed E-state index contributed by atoms with van der Waals surface area (Å²) in [5, 5.41) is 0. The van der Waals surface area contributed by atoms with Crippen LogP contribution in [-0.2, 0) is 4.79 Å². The summed E-state index contributed by atoms with van der Waals surface area (Å²) < 4.78 is 5.18. The van der Waals surface area contributed by atoms with E-state index in [9.17, 15) is 4.79 Å². The van der Waals surface area contributed by atoms with Gasteiger partial charge in [0.2, 0.25) is 6.08 Å². The third kappa shape index (κ3) is 2.93. The largest absolute Gasteiger partial charge is 0.496 e. The van der Waals surface area contributed by atoms with Gasteiger partial charge in [-0.25, -0.2) is 9.79 Å². The highest BCUT2D eigenvalue weighted by molar-refractivity contribution is 5.38. The maximum absolute atomic E-state index is 10.00. The average molecular weight is 205 g/mol. The van der Waals surface area contributed by atoms with Crippen molar-refractivity contribution in [1.82, 2.24) is 0 Å². The van der Waals surface area contributed by atoms with Crippen molar-refractivity contribution < 1.29 is 9.53 Å². The Labute approximate surface area is 89.8 Å². The van der Waals surface area contributed by atoms with Gasteiger partial charge in [-0.2, -0.15) is 0 Å². The number of methoxy groups -OCH3 is 1. The van der Waals surface area contributed by atoms with E-state index < -0.39 is 0 Å². The molecule has 1 aromatic carbocycles. The summed E-state index contributed by atoms with van der Waals surface area (Å²) in [4.78, 5) is 13.6. The number of hydrogen-bond donors (Lipinski definition) is 0. The van der Waals surface area contributed by atoms with Crippen molar-refractivity contribution in [1.29, 1.82) is 0 Å². The summed E-state index contributed by atoms with van der Waals surface area (Å²) in [7, 11) is 1.65. The fourth-order valence-electron chi connectivity index (χ4n) is 1.49. The maximum Gasteiger partial charge on any atom is 0.234 e. The van der Waals surface area contributed by atoms with Crippen LogP contribution in [0.3, 0.4) is 0 Å². The Hall–Kier alpha value is -1.60. The van der Waals surface area contributed by atoms with Crippen LogP contribution in [0.15, 0.2) is 23.2 Å². The van der Waals surface area contributed by atoms with Gasteiger partial charge >= 0.3 is 0 Å². The predicted octanol–water partition coefficient (Wildman–Crippen LogP) is 2.44. The van der Waals surface area contributed by atoms with Crippen molar-refractivity contribution in [3.05, 3.63) is 29.3 Å². The van der Waals surface area contributed by atoms with Gasteiger partial charge in [-0.1, -0.05) is 19.1 Å². The van der Waals surface area contributed by atoms with Gasteiger partial charge in [0.05, 0.1) is 13.7 Å². The molecule has 0 fully saturated rings. The Morgan fingerprint density at radius 1 is 1.53 bits per heavy atom. The number of hydrogen-bond acceptors (Lipinski definition) is 3. The number of isocyanates is 1. The minimum Gasteiger partial charge on any atom is -0.496 e. The normalized spacial score (nSPS) is 11.7. The molecule has 1 unspecified atom stereocenters. The van der Waals surface area contributed by atoms with E-state index in [4.69, 9.17) is 4.74 Å². The van der Waals surface area contributed by atoms with Crippen LogP contribution in [0.25, 0.3) is 0 Å². The molecule has 0 aliphatic rings. The molecule has 0 aliphatic heterocycles. The summed E-state index contributed by atoms with van der Waals surface area (Å²) in [6.07, 6.45) is 1.56. The first-order valence-electron chi connectivity index (χ1n) is 4.87. The van der Waals surface area contributed by atoms with Crippen molar-refractivity contribution in [3.8, 4) is 5.75 Å². The highest BCUT2D eigenvalue weighted by Gasteiger charge is 2.06. The van der Waals surface area contributed by atoms with Crippen molar-refractivity contribution in [2.24, 2.45) is 4.99 Å². The van der Waals surface area contributed by atoms with Gasteiger partial charge in [0.25, 0.3) is 0 Å². The second-order valence-electron chi connectivity index (χ2n) is 3.56. The standard InChI is InChI=1S/C12H15NO2/c1-9-6-11(4-5-12(9)15-3)10(2)7-13-8-14/h4-6,10H,7H2,1-3H3. The van der Waals surface area contributed by atoms with Crippen LogP contribution in [0, 0.1) is 6.92 Å². The highest BCUT2D eigenvalue weighted by Crippen LogP contribution is 2.23. The number of carbonyl (C=O) groups excluding carboxylic acids is 1. The van der Waals surface area contributed by atoms with Gasteiger partial charge in [-0.05, 0) is 24.1 Å². The first-order valence-corrected chi connectivity index (χ1v) is 4.87. The van der Waals surface area contributed by atoms with Crippen LogP contribution in [-0.4, -0.2) is 19.7 Å². The minimum absolute atomic E-state index is 0.232. The molecule has 3 nitrogen and oxygen atoms in total. The fraction of sp³-hybridized carbons (Fsp3) is 0.417. The maximum atomic E-state index is 10.00. The number of rotatable bonds is 4. The molecule has 3 heteroatoms. The highest BCUT2D eigenvalue weighted by atomic mass is 16.5. The molecule has 0 saturated carbocycles. The molecule has 1 rings (SSSR count). The molecule has 1 aromatic rings. The van der Waals surface area contributed by atoms with E-state index in [2.05, 4.69) is 11.1 Å². The van der Waals surface area contributed by atoms with Crippen molar-refractivity contribution >= 4 is 6.08 Å². The SMILES string of the molecule is COc1ccc(C(C)CN=C=O)cc1C. The lowest BCUT2D eigenvalue weighted by Gasteiger charge is -2.11. The van der Waals surface area contributed by atoms with E-state index >= 15 is 0 Å². The lowest BCUT2D eigenvalue weighted by Crippen LogP contribution is -1.98. The van der Waals surface area contributed by atoms with Crippen molar-refractivity contribution in [2.75, 3.05) is 13.7 Å². The van der Waals surface area contributed by atoms with Gasteiger partial charge < -0.3 is 4.74 Å². The molecular formula is C12H15NO2. The Kier molecular flexibility index (Phi) is 4.07. The van der Waals surface area contributed by atoms with Crippen LogP contribution < -0.4 is 4.74 Å². The van der Waals surface area contributed by atoms with Crippen LogP contribution in [0.1, 0.15) is 24.0 Å². The van der Waals surface area contributed by atoms with Gasteiger partial charge in [0, 0.05) is 5.92 Å². The van der Waals surface area contributed by atoms with E-state index in [1.165, 1.54) is 0 Å². The Balaban J connectivity index is 2.86. The number of aliphatic imine (C=N–C) groups is 1. The minimum atomic E-state index is 0.232. The van der Waals surface area contributed by atoms with E-state index in [-0.39, 0.29) is 5.92 Å². The lowest BCUT2D eigenvalue weighted by molar-refractivity contribution is 0.411. The Bertz CT molecular complexity index is 381. The monoisotopic (exact) mass is 205 g/mol. The first-order chi connectivity index (χ1) is 7.19. The topological polar surface area (TPSA) is 38.7 Å². The number of ether oxygens (including phenoxy) is 1. The predicted molar refractivity (Wildman–Crippen MR) is 59.1 cm³/mol. The van der Waals surface area contributed by atoms with Crippen LogP contribution in [0.2, 0.25) is 0 Å². The summed E-state index contributed by atoms with van der Waals surface area (Å²) >= 11 is 0. The van der Waals surface area contributed by atoms with Crippen molar-refractivity contribution in [2.45, 2.75) is 19.8 Å². The molecular weight excluding hydrogens is 190 g/mol. The van der Waals surface area contributed by atoms with Crippen molar-refractivity contribution in [3.63, 3.8) is 0 Å². The molecule has 0 aliphatic carbocycles. The number of aryl methyl sites for hydroxylation is 1. The Morgan fingerprint density at radius 2 is 2.27 bits per heavy atom. The molecule has 0 amide bonds. The molecule has 1 atom stereocenters. The second-order valence-corrected chi connectivity index (χ2v) is 3.56. The van der Waals surface area contributed by atoms with Gasteiger partial charge in [-0.15, -0.1) is 0 Å². The van der Waals surface area contributed by atoms with E-state index in [0.29, 0.717) is 6.54 Å². The second kappa shape index (κ2) is 5.32. The number of benzene rings is 1. The van der Waals surface area contributed by atoms with Gasteiger partial charge in [0.1, 0.15) is 5.75 Å². The molecule has 0 spiro atoms. The Morgan fingerprint density at radius 3 is 2.80 bits per heavy atom. The molecule has 0 saturated heterocycles. The summed E-state index contributed by atoms with van der Waals surface area (Å²) in [5.74, 6) is 1.11. The van der Waals surface area contributed by atoms with Crippen LogP contribution in [0.5, 0.6) is 5.75 Å². The smallest absolute Gasteiger partial charge is 0.234 e. The lowest BCUT2D eigenvalue weighted by atomic mass is 9.99. The van der Waals surface area contributed by atoms with E-state index in [0.717, 1.165) is 16.9 Å². The molecule has 0 N–H and O–H groups in total. The number of nitrogens with zero attached hydrogens (tertiary/aromatic N) is 1. The molecule has 15 heavy (non-hydrogen) atoms. The zero-order chi connectivity index (χ0) is 11.3. The zero-order valence-corrected chi connectivity index (χ0v) is 9.28. The van der Waals surface area contributed by atoms with Crippen LogP contribution in [0.4, 0.5) is 0 Å².